The fourth-order valence-electron chi connectivity index (χ4n) is 3.21. The second kappa shape index (κ2) is 9.41. The van der Waals surface area contributed by atoms with Gasteiger partial charge in [0.2, 0.25) is 0 Å². The maximum Gasteiger partial charge on any atom is 0.321 e. The highest BCUT2D eigenvalue weighted by atomic mass is 79.9. The Hall–Kier alpha value is -2.08. The van der Waals surface area contributed by atoms with Gasteiger partial charge < -0.3 is 10.8 Å². The van der Waals surface area contributed by atoms with Gasteiger partial charge in [-0.2, -0.15) is 0 Å². The number of hydrogen-bond donors (Lipinski definition) is 2. The summed E-state index contributed by atoms with van der Waals surface area (Å²) >= 11 is 5.06. The van der Waals surface area contributed by atoms with Crippen LogP contribution in [0.3, 0.4) is 0 Å². The van der Waals surface area contributed by atoms with Crippen molar-refractivity contribution in [2.75, 3.05) is 5.75 Å². The molecule has 0 saturated carbocycles. The van der Waals surface area contributed by atoms with E-state index in [0.29, 0.717) is 5.75 Å². The Labute approximate surface area is 178 Å². The maximum absolute atomic E-state index is 11.4. The van der Waals surface area contributed by atoms with Crippen molar-refractivity contribution in [2.24, 2.45) is 5.73 Å². The van der Waals surface area contributed by atoms with Gasteiger partial charge in [0.05, 0.1) is 4.75 Å². The van der Waals surface area contributed by atoms with E-state index in [9.17, 15) is 9.90 Å². The number of thioether (sulfide) groups is 1. The summed E-state index contributed by atoms with van der Waals surface area (Å²) in [6, 6.07) is 27.9. The van der Waals surface area contributed by atoms with Crippen molar-refractivity contribution in [1.82, 2.24) is 0 Å². The zero-order valence-electron chi connectivity index (χ0n) is 15.3. The van der Waals surface area contributed by atoms with Gasteiger partial charge in [0.25, 0.3) is 0 Å². The molecule has 3 nitrogen and oxygen atoms in total. The number of alkyl halides is 1. The molecule has 0 fully saturated rings. The predicted octanol–water partition coefficient (Wildman–Crippen LogP) is 5.02. The minimum absolute atomic E-state index is 0.291. The highest BCUT2D eigenvalue weighted by molar-refractivity contribution is 9.08. The zero-order chi connectivity index (χ0) is 20.0. The highest BCUT2D eigenvalue weighted by Gasteiger charge is 2.37. The number of carboxylic acids is 1. The monoisotopic (exact) mass is 455 g/mol. The number of benzene rings is 3. The van der Waals surface area contributed by atoms with E-state index in [1.807, 2.05) is 36.4 Å². The minimum Gasteiger partial charge on any atom is -0.480 e. The van der Waals surface area contributed by atoms with Crippen LogP contribution in [-0.4, -0.2) is 22.9 Å². The molecule has 0 saturated heterocycles. The smallest absolute Gasteiger partial charge is 0.321 e. The van der Waals surface area contributed by atoms with Crippen LogP contribution >= 0.6 is 27.7 Å². The van der Waals surface area contributed by atoms with Crippen LogP contribution in [-0.2, 0) is 14.9 Å². The Morgan fingerprint density at radius 3 is 1.79 bits per heavy atom. The molecule has 28 heavy (non-hydrogen) atoms. The van der Waals surface area contributed by atoms with E-state index in [1.165, 1.54) is 5.56 Å². The quantitative estimate of drug-likeness (QED) is 0.369. The first-order chi connectivity index (χ1) is 13.6. The summed E-state index contributed by atoms with van der Waals surface area (Å²) in [6.45, 7) is 0. The summed E-state index contributed by atoms with van der Waals surface area (Å²) in [5.41, 5.74) is 10.3. The molecule has 0 aliphatic heterocycles. The maximum atomic E-state index is 11.4. The van der Waals surface area contributed by atoms with Crippen LogP contribution in [0.5, 0.6) is 0 Å². The molecule has 0 bridgehead atoms. The molecule has 0 amide bonds. The summed E-state index contributed by atoms with van der Waals surface area (Å²) in [7, 11) is 0. The fraction of sp³-hybridized carbons (Fsp3) is 0.174. The molecule has 0 spiro atoms. The van der Waals surface area contributed by atoms with Gasteiger partial charge in [0, 0.05) is 11.1 Å². The molecular formula is C23H22BrNO2S. The van der Waals surface area contributed by atoms with Crippen LogP contribution in [0.4, 0.5) is 0 Å². The van der Waals surface area contributed by atoms with Crippen LogP contribution < -0.4 is 5.73 Å². The van der Waals surface area contributed by atoms with Gasteiger partial charge in [0.15, 0.2) is 0 Å². The summed E-state index contributed by atoms with van der Waals surface area (Å²) in [6.07, 6.45) is 0. The van der Waals surface area contributed by atoms with Crippen LogP contribution in [0.1, 0.15) is 22.3 Å². The van der Waals surface area contributed by atoms with E-state index >= 15 is 0 Å². The molecule has 144 valence electrons. The van der Waals surface area contributed by atoms with Gasteiger partial charge in [-0.1, -0.05) is 101 Å². The molecule has 0 aliphatic rings. The number of aliphatic carboxylic acids is 1. The SMILES string of the molecule is NC(CSC(c1ccccc1)(c1ccccc1)c1ccc(CBr)cc1)C(=O)O. The van der Waals surface area contributed by atoms with Crippen molar-refractivity contribution in [1.29, 1.82) is 0 Å². The Kier molecular flexibility index (Phi) is 6.94. The summed E-state index contributed by atoms with van der Waals surface area (Å²) < 4.78 is -0.555. The normalized spacial score (nSPS) is 12.5. The van der Waals surface area contributed by atoms with E-state index < -0.39 is 16.8 Å². The lowest BCUT2D eigenvalue weighted by Gasteiger charge is -2.36. The van der Waals surface area contributed by atoms with Crippen molar-refractivity contribution < 1.29 is 9.90 Å². The average Bonchev–Trinajstić information content (AvgIpc) is 2.76. The van der Waals surface area contributed by atoms with Crippen LogP contribution in [0.15, 0.2) is 84.9 Å². The predicted molar refractivity (Wildman–Crippen MR) is 120 cm³/mol. The first kappa shape index (κ1) is 20.6. The molecule has 0 heterocycles. The Bertz CT molecular complexity index is 861. The molecule has 0 aliphatic carbocycles. The standard InChI is InChI=1S/C23H22BrNO2S/c24-15-17-11-13-20(14-12-17)23(18-7-3-1-4-8-18,19-9-5-2-6-10-19)28-16-21(25)22(26)27/h1-14,21H,15-16,25H2,(H,26,27). The van der Waals surface area contributed by atoms with Crippen molar-refractivity contribution in [3.63, 3.8) is 0 Å². The molecule has 5 heteroatoms. The van der Waals surface area contributed by atoms with Gasteiger partial charge in [-0.3, -0.25) is 4.79 Å². The molecule has 3 aromatic rings. The van der Waals surface area contributed by atoms with Crippen molar-refractivity contribution in [3.8, 4) is 0 Å². The van der Waals surface area contributed by atoms with Crippen LogP contribution in [0, 0.1) is 0 Å². The molecule has 3 aromatic carbocycles. The Morgan fingerprint density at radius 1 is 0.893 bits per heavy atom. The van der Waals surface area contributed by atoms with Crippen LogP contribution in [0.25, 0.3) is 0 Å². The second-order valence-corrected chi connectivity index (χ2v) is 8.29. The molecule has 3 rings (SSSR count). The number of carbonyl (C=O) groups is 1. The van der Waals surface area contributed by atoms with E-state index in [-0.39, 0.29) is 0 Å². The largest absolute Gasteiger partial charge is 0.480 e. The molecule has 3 N–H and O–H groups in total. The molecule has 0 radical (unpaired) electrons. The highest BCUT2D eigenvalue weighted by Crippen LogP contribution is 2.48. The summed E-state index contributed by atoms with van der Waals surface area (Å²) in [5.74, 6) is -0.698. The van der Waals surface area contributed by atoms with Gasteiger partial charge in [-0.25, -0.2) is 0 Å². The van der Waals surface area contributed by atoms with Crippen molar-refractivity contribution in [2.45, 2.75) is 16.1 Å². The number of halogens is 1. The van der Waals surface area contributed by atoms with Crippen LogP contribution in [0.2, 0.25) is 0 Å². The van der Waals surface area contributed by atoms with Gasteiger partial charge >= 0.3 is 5.97 Å². The summed E-state index contributed by atoms with van der Waals surface area (Å²) in [5, 5.41) is 10.1. The first-order valence-corrected chi connectivity index (χ1v) is 11.1. The van der Waals surface area contributed by atoms with Crippen molar-refractivity contribution in [3.05, 3.63) is 107 Å². The average molecular weight is 456 g/mol. The van der Waals surface area contributed by atoms with E-state index in [2.05, 4.69) is 64.5 Å². The Balaban J connectivity index is 2.20. The molecular weight excluding hydrogens is 434 g/mol. The third kappa shape index (κ3) is 4.32. The molecule has 1 unspecified atom stereocenters. The fourth-order valence-corrected chi connectivity index (χ4v) is 5.06. The van der Waals surface area contributed by atoms with Crippen molar-refractivity contribution >= 4 is 33.7 Å². The zero-order valence-corrected chi connectivity index (χ0v) is 17.7. The lowest BCUT2D eigenvalue weighted by atomic mass is 9.84. The topological polar surface area (TPSA) is 63.3 Å². The van der Waals surface area contributed by atoms with Gasteiger partial charge in [0.1, 0.15) is 6.04 Å². The van der Waals surface area contributed by atoms with E-state index in [4.69, 9.17) is 5.73 Å². The lowest BCUT2D eigenvalue weighted by Crippen LogP contribution is -2.36. The second-order valence-electron chi connectivity index (χ2n) is 6.50. The number of nitrogens with two attached hydrogens (primary N) is 1. The van der Waals surface area contributed by atoms with E-state index in [1.54, 1.807) is 11.8 Å². The Morgan fingerprint density at radius 2 is 1.36 bits per heavy atom. The number of hydrogen-bond acceptors (Lipinski definition) is 3. The van der Waals surface area contributed by atoms with E-state index in [0.717, 1.165) is 22.0 Å². The third-order valence-electron chi connectivity index (χ3n) is 4.67. The van der Waals surface area contributed by atoms with Gasteiger partial charge in [-0.05, 0) is 22.3 Å². The first-order valence-electron chi connectivity index (χ1n) is 8.96. The lowest BCUT2D eigenvalue weighted by molar-refractivity contribution is -0.137. The number of rotatable bonds is 8. The summed E-state index contributed by atoms with van der Waals surface area (Å²) in [4.78, 5) is 11.4. The minimum atomic E-state index is -0.989. The number of carboxylic acid groups (broad SMARTS) is 1. The molecule has 0 aromatic heterocycles. The third-order valence-corrected chi connectivity index (χ3v) is 6.99. The van der Waals surface area contributed by atoms with Gasteiger partial charge in [-0.15, -0.1) is 11.8 Å². The molecule has 1 atom stereocenters.